The molecule has 3 aromatic rings. The van der Waals surface area contributed by atoms with Crippen LogP contribution < -0.4 is 11.1 Å². The fourth-order valence-corrected chi connectivity index (χ4v) is 5.26. The van der Waals surface area contributed by atoms with Crippen LogP contribution in [0.1, 0.15) is 73.6 Å². The predicted octanol–water partition coefficient (Wildman–Crippen LogP) is 6.47. The van der Waals surface area contributed by atoms with E-state index in [0.29, 0.717) is 12.0 Å². The molecule has 4 rings (SSSR count). The number of fused-ring (bicyclic) bond motifs is 1. The van der Waals surface area contributed by atoms with Crippen LogP contribution in [0.4, 0.5) is 5.69 Å². The molecular weight excluding hydrogens is 392 g/mol. The molecule has 1 aliphatic rings. The standard InChI is InChI=1S/C28H36N4/c1-21-8-6-9-22(18-21)25(14-17-31-16-7-15-29)27-20-32(24-10-4-3-5-11-24)28-13-12-23(30-2)19-26(27)28/h6,8-9,12-13,18-20,24-25,31H,3-5,7,10-11,14-17,29H2,1H3. The van der Waals surface area contributed by atoms with E-state index in [1.54, 1.807) is 0 Å². The van der Waals surface area contributed by atoms with Gasteiger partial charge in [0.25, 0.3) is 0 Å². The normalized spacial score (nSPS) is 15.7. The third kappa shape index (κ3) is 5.06. The molecule has 0 spiro atoms. The summed E-state index contributed by atoms with van der Waals surface area (Å²) in [5.41, 5.74) is 11.7. The van der Waals surface area contributed by atoms with Gasteiger partial charge >= 0.3 is 0 Å². The van der Waals surface area contributed by atoms with Crippen molar-refractivity contribution in [2.24, 2.45) is 5.73 Å². The van der Waals surface area contributed by atoms with Gasteiger partial charge in [-0.1, -0.05) is 55.2 Å². The minimum absolute atomic E-state index is 0.300. The summed E-state index contributed by atoms with van der Waals surface area (Å²) in [5.74, 6) is 0.300. The molecule has 4 heteroatoms. The zero-order chi connectivity index (χ0) is 22.3. The fraction of sp³-hybridized carbons (Fsp3) is 0.464. The van der Waals surface area contributed by atoms with Crippen molar-refractivity contribution < 1.29 is 0 Å². The van der Waals surface area contributed by atoms with E-state index in [4.69, 9.17) is 12.3 Å². The third-order valence-electron chi connectivity index (χ3n) is 6.93. The van der Waals surface area contributed by atoms with Crippen molar-refractivity contribution in [1.82, 2.24) is 9.88 Å². The van der Waals surface area contributed by atoms with E-state index in [0.717, 1.165) is 38.2 Å². The van der Waals surface area contributed by atoms with E-state index in [2.05, 4.69) is 64.2 Å². The molecule has 0 amide bonds. The van der Waals surface area contributed by atoms with Crippen molar-refractivity contribution in [3.05, 3.63) is 76.8 Å². The Morgan fingerprint density at radius 1 is 1.12 bits per heavy atom. The number of nitrogens with zero attached hydrogens (tertiary/aromatic N) is 2. The Kier molecular flexibility index (Phi) is 7.63. The smallest absolute Gasteiger partial charge is 0.187 e. The van der Waals surface area contributed by atoms with Crippen molar-refractivity contribution in [2.45, 2.75) is 63.8 Å². The molecule has 4 nitrogen and oxygen atoms in total. The Morgan fingerprint density at radius 3 is 2.72 bits per heavy atom. The van der Waals surface area contributed by atoms with Gasteiger partial charge in [0.2, 0.25) is 0 Å². The molecule has 1 saturated carbocycles. The minimum atomic E-state index is 0.300. The summed E-state index contributed by atoms with van der Waals surface area (Å²) in [6.45, 7) is 12.4. The molecule has 0 radical (unpaired) electrons. The number of hydrogen-bond acceptors (Lipinski definition) is 2. The summed E-state index contributed by atoms with van der Waals surface area (Å²) in [7, 11) is 0. The van der Waals surface area contributed by atoms with Crippen LogP contribution in [0, 0.1) is 13.5 Å². The molecule has 32 heavy (non-hydrogen) atoms. The van der Waals surface area contributed by atoms with E-state index >= 15 is 0 Å². The first-order valence-electron chi connectivity index (χ1n) is 12.2. The molecule has 1 unspecified atom stereocenters. The Balaban J connectivity index is 1.77. The molecule has 1 aliphatic carbocycles. The van der Waals surface area contributed by atoms with Gasteiger partial charge in [0.05, 0.1) is 6.57 Å². The number of nitrogens with two attached hydrogens (primary N) is 1. The van der Waals surface area contributed by atoms with Crippen molar-refractivity contribution in [3.8, 4) is 0 Å². The van der Waals surface area contributed by atoms with Crippen molar-refractivity contribution >= 4 is 16.6 Å². The Labute approximate surface area is 192 Å². The Bertz CT molecular complexity index is 1070. The molecule has 1 fully saturated rings. The lowest BCUT2D eigenvalue weighted by Gasteiger charge is -2.24. The van der Waals surface area contributed by atoms with Crippen LogP contribution in [-0.2, 0) is 0 Å². The lowest BCUT2D eigenvalue weighted by molar-refractivity contribution is 0.360. The van der Waals surface area contributed by atoms with Crippen molar-refractivity contribution in [3.63, 3.8) is 0 Å². The monoisotopic (exact) mass is 428 g/mol. The van der Waals surface area contributed by atoms with Gasteiger partial charge in [-0.25, -0.2) is 4.85 Å². The maximum Gasteiger partial charge on any atom is 0.187 e. The average molecular weight is 429 g/mol. The number of aromatic nitrogens is 1. The lowest BCUT2D eigenvalue weighted by Crippen LogP contribution is -2.21. The zero-order valence-corrected chi connectivity index (χ0v) is 19.3. The van der Waals surface area contributed by atoms with Crippen LogP contribution in [0.2, 0.25) is 0 Å². The first-order chi connectivity index (χ1) is 15.7. The molecule has 1 atom stereocenters. The van der Waals surface area contributed by atoms with Gasteiger partial charge in [0.15, 0.2) is 5.69 Å². The first kappa shape index (κ1) is 22.6. The summed E-state index contributed by atoms with van der Waals surface area (Å²) in [6, 6.07) is 15.8. The summed E-state index contributed by atoms with van der Waals surface area (Å²) in [5, 5.41) is 4.82. The van der Waals surface area contributed by atoms with E-state index < -0.39 is 0 Å². The van der Waals surface area contributed by atoms with E-state index in [-0.39, 0.29) is 0 Å². The van der Waals surface area contributed by atoms with Crippen LogP contribution in [0.25, 0.3) is 15.7 Å². The van der Waals surface area contributed by atoms with Gasteiger partial charge in [-0.3, -0.25) is 0 Å². The van der Waals surface area contributed by atoms with E-state index in [1.807, 2.05) is 6.07 Å². The van der Waals surface area contributed by atoms with Crippen LogP contribution in [0.5, 0.6) is 0 Å². The highest BCUT2D eigenvalue weighted by atomic mass is 15.0. The van der Waals surface area contributed by atoms with Crippen LogP contribution in [0.3, 0.4) is 0 Å². The molecule has 2 aromatic carbocycles. The molecule has 3 N–H and O–H groups in total. The van der Waals surface area contributed by atoms with Gasteiger partial charge in [0.1, 0.15) is 0 Å². The van der Waals surface area contributed by atoms with E-state index in [1.165, 1.54) is 59.7 Å². The molecule has 168 valence electrons. The summed E-state index contributed by atoms with van der Waals surface area (Å²) in [6.07, 6.45) is 10.9. The number of rotatable bonds is 9. The Morgan fingerprint density at radius 2 is 1.97 bits per heavy atom. The number of hydrogen-bond donors (Lipinski definition) is 2. The summed E-state index contributed by atoms with van der Waals surface area (Å²) >= 11 is 0. The quantitative estimate of drug-likeness (QED) is 0.303. The molecule has 0 saturated heterocycles. The summed E-state index contributed by atoms with van der Waals surface area (Å²) in [4.78, 5) is 3.74. The summed E-state index contributed by atoms with van der Waals surface area (Å²) < 4.78 is 2.53. The second-order valence-electron chi connectivity index (χ2n) is 9.24. The van der Waals surface area contributed by atoms with Gasteiger partial charge in [0, 0.05) is 23.7 Å². The van der Waals surface area contributed by atoms with Crippen LogP contribution >= 0.6 is 0 Å². The highest BCUT2D eigenvalue weighted by Crippen LogP contribution is 2.40. The Hall–Kier alpha value is -2.61. The number of aryl methyl sites for hydroxylation is 1. The van der Waals surface area contributed by atoms with Crippen molar-refractivity contribution in [2.75, 3.05) is 19.6 Å². The number of nitrogens with one attached hydrogen (secondary N) is 1. The van der Waals surface area contributed by atoms with Crippen LogP contribution in [-0.4, -0.2) is 24.2 Å². The lowest BCUT2D eigenvalue weighted by atomic mass is 9.87. The molecular formula is C28H36N4. The zero-order valence-electron chi connectivity index (χ0n) is 19.3. The topological polar surface area (TPSA) is 47.3 Å². The fourth-order valence-electron chi connectivity index (χ4n) is 5.26. The third-order valence-corrected chi connectivity index (χ3v) is 6.93. The SMILES string of the molecule is [C-]#[N+]c1ccc2c(c1)c(C(CCNCCCN)c1cccc(C)c1)cn2C1CCCCC1. The maximum atomic E-state index is 7.56. The van der Waals surface area contributed by atoms with Crippen LogP contribution in [0.15, 0.2) is 48.7 Å². The van der Waals surface area contributed by atoms with Gasteiger partial charge < -0.3 is 15.6 Å². The van der Waals surface area contributed by atoms with Gasteiger partial charge in [-0.05, 0) is 80.9 Å². The predicted molar refractivity (Wildman–Crippen MR) is 135 cm³/mol. The minimum Gasteiger partial charge on any atom is -0.344 e. The highest BCUT2D eigenvalue weighted by molar-refractivity contribution is 5.88. The molecule has 1 heterocycles. The van der Waals surface area contributed by atoms with Crippen molar-refractivity contribution in [1.29, 1.82) is 0 Å². The van der Waals surface area contributed by atoms with Gasteiger partial charge in [-0.15, -0.1) is 0 Å². The first-order valence-corrected chi connectivity index (χ1v) is 12.2. The van der Waals surface area contributed by atoms with E-state index in [9.17, 15) is 0 Å². The molecule has 1 aromatic heterocycles. The number of benzene rings is 2. The molecule has 0 bridgehead atoms. The molecule has 0 aliphatic heterocycles. The second kappa shape index (κ2) is 10.8. The largest absolute Gasteiger partial charge is 0.344 e. The second-order valence-corrected chi connectivity index (χ2v) is 9.24. The maximum absolute atomic E-state index is 7.56. The van der Waals surface area contributed by atoms with Gasteiger partial charge in [-0.2, -0.15) is 0 Å². The average Bonchev–Trinajstić information content (AvgIpc) is 3.20. The highest BCUT2D eigenvalue weighted by Gasteiger charge is 2.24.